The number of hydrogen-bond acceptors (Lipinski definition) is 3. The van der Waals surface area contributed by atoms with E-state index >= 15 is 0 Å². The molecular weight excluding hydrogens is 326 g/mol. The van der Waals surface area contributed by atoms with E-state index in [4.69, 9.17) is 17.3 Å². The number of hydrogen-bond donors (Lipinski definition) is 3. The number of carbonyl (C=O) groups is 2. The van der Waals surface area contributed by atoms with Crippen molar-refractivity contribution in [3.8, 4) is 0 Å². The third-order valence-corrected chi connectivity index (χ3v) is 3.77. The van der Waals surface area contributed by atoms with Crippen LogP contribution in [0.4, 0.5) is 17.1 Å². The van der Waals surface area contributed by atoms with Gasteiger partial charge < -0.3 is 16.4 Å². The topological polar surface area (TPSA) is 84.2 Å². The van der Waals surface area contributed by atoms with Crippen molar-refractivity contribution < 1.29 is 9.59 Å². The number of anilines is 3. The Morgan fingerprint density at radius 1 is 0.833 bits per heavy atom. The number of carbonyl (C=O) groups excluding carboxylic acids is 2. The molecule has 6 heteroatoms. The lowest BCUT2D eigenvalue weighted by Crippen LogP contribution is -2.29. The molecule has 3 aromatic carbocycles. The van der Waals surface area contributed by atoms with Crippen molar-refractivity contribution in [2.24, 2.45) is 0 Å². The third kappa shape index (κ3) is 3.47. The fourth-order valence-corrected chi connectivity index (χ4v) is 2.50. The van der Waals surface area contributed by atoms with E-state index in [1.165, 1.54) is 6.07 Å². The highest BCUT2D eigenvalue weighted by Gasteiger charge is 2.15. The van der Waals surface area contributed by atoms with E-state index in [1.807, 2.05) is 30.3 Å². The molecule has 0 aromatic heterocycles. The molecule has 2 amide bonds. The second-order valence-corrected chi connectivity index (χ2v) is 5.62. The van der Waals surface area contributed by atoms with Crippen LogP contribution < -0.4 is 16.4 Å². The van der Waals surface area contributed by atoms with Gasteiger partial charge in [-0.05, 0) is 41.1 Å². The highest BCUT2D eigenvalue weighted by molar-refractivity contribution is 6.44. The van der Waals surface area contributed by atoms with Crippen LogP contribution in [-0.2, 0) is 9.59 Å². The molecule has 5 nitrogen and oxygen atoms in total. The SMILES string of the molecule is Nc1ccc(NC(=O)C(=O)Nc2ccc3ccccc3c2)c(Cl)c1. The highest BCUT2D eigenvalue weighted by Crippen LogP contribution is 2.24. The molecule has 24 heavy (non-hydrogen) atoms. The van der Waals surface area contributed by atoms with Crippen LogP contribution in [0.25, 0.3) is 10.8 Å². The van der Waals surface area contributed by atoms with Gasteiger partial charge in [0, 0.05) is 11.4 Å². The summed E-state index contributed by atoms with van der Waals surface area (Å²) in [7, 11) is 0. The molecule has 0 unspecified atom stereocenters. The van der Waals surface area contributed by atoms with Crippen molar-refractivity contribution in [1.29, 1.82) is 0 Å². The number of amides is 2. The zero-order valence-electron chi connectivity index (χ0n) is 12.5. The van der Waals surface area contributed by atoms with Gasteiger partial charge >= 0.3 is 11.8 Å². The Kier molecular flexibility index (Phi) is 4.35. The Bertz CT molecular complexity index is 940. The smallest absolute Gasteiger partial charge is 0.314 e. The molecule has 0 atom stereocenters. The van der Waals surface area contributed by atoms with Crippen LogP contribution in [0.15, 0.2) is 60.7 Å². The number of halogens is 1. The lowest BCUT2D eigenvalue weighted by Gasteiger charge is -2.09. The maximum Gasteiger partial charge on any atom is 0.314 e. The highest BCUT2D eigenvalue weighted by atomic mass is 35.5. The van der Waals surface area contributed by atoms with Gasteiger partial charge in [0.1, 0.15) is 0 Å². The number of benzene rings is 3. The Morgan fingerprint density at radius 2 is 1.54 bits per heavy atom. The normalized spacial score (nSPS) is 10.4. The largest absolute Gasteiger partial charge is 0.399 e. The molecule has 0 aliphatic rings. The van der Waals surface area contributed by atoms with Gasteiger partial charge in [-0.1, -0.05) is 41.9 Å². The monoisotopic (exact) mass is 339 g/mol. The maximum absolute atomic E-state index is 12.0. The molecule has 0 bridgehead atoms. The molecule has 0 aliphatic carbocycles. The van der Waals surface area contributed by atoms with Crippen LogP contribution in [0, 0.1) is 0 Å². The van der Waals surface area contributed by atoms with Crippen LogP contribution >= 0.6 is 11.6 Å². The predicted molar refractivity (Wildman–Crippen MR) is 97.1 cm³/mol. The third-order valence-electron chi connectivity index (χ3n) is 3.45. The van der Waals surface area contributed by atoms with Crippen molar-refractivity contribution in [1.82, 2.24) is 0 Å². The van der Waals surface area contributed by atoms with Crippen LogP contribution in [0.5, 0.6) is 0 Å². The number of nitrogens with one attached hydrogen (secondary N) is 2. The quantitative estimate of drug-likeness (QED) is 0.492. The van der Waals surface area contributed by atoms with Crippen molar-refractivity contribution in [2.75, 3.05) is 16.4 Å². The molecule has 0 saturated heterocycles. The fourth-order valence-electron chi connectivity index (χ4n) is 2.27. The van der Waals surface area contributed by atoms with Gasteiger partial charge in [-0.2, -0.15) is 0 Å². The van der Waals surface area contributed by atoms with Gasteiger partial charge in [0.25, 0.3) is 0 Å². The number of nitrogen functional groups attached to an aromatic ring is 1. The van der Waals surface area contributed by atoms with Crippen molar-refractivity contribution in [3.05, 3.63) is 65.7 Å². The summed E-state index contributed by atoms with van der Waals surface area (Å²) in [6.07, 6.45) is 0. The summed E-state index contributed by atoms with van der Waals surface area (Å²) in [5, 5.41) is 7.31. The average molecular weight is 340 g/mol. The molecule has 3 aromatic rings. The Balaban J connectivity index is 1.72. The van der Waals surface area contributed by atoms with E-state index in [-0.39, 0.29) is 5.02 Å². The molecule has 0 fully saturated rings. The van der Waals surface area contributed by atoms with Crippen LogP contribution in [0.1, 0.15) is 0 Å². The molecule has 3 rings (SSSR count). The zero-order chi connectivity index (χ0) is 17.1. The van der Waals surface area contributed by atoms with E-state index in [9.17, 15) is 9.59 Å². The van der Waals surface area contributed by atoms with Gasteiger partial charge in [0.05, 0.1) is 10.7 Å². The van der Waals surface area contributed by atoms with Crippen LogP contribution in [0.3, 0.4) is 0 Å². The summed E-state index contributed by atoms with van der Waals surface area (Å²) in [5.41, 5.74) is 6.92. The summed E-state index contributed by atoms with van der Waals surface area (Å²) in [4.78, 5) is 24.0. The Hall–Kier alpha value is -3.05. The maximum atomic E-state index is 12.0. The molecule has 0 spiro atoms. The van der Waals surface area contributed by atoms with Gasteiger partial charge in [0.15, 0.2) is 0 Å². The van der Waals surface area contributed by atoms with Gasteiger partial charge in [0.2, 0.25) is 0 Å². The number of rotatable bonds is 2. The van der Waals surface area contributed by atoms with Crippen molar-refractivity contribution >= 4 is 51.2 Å². The summed E-state index contributed by atoms with van der Waals surface area (Å²) in [6, 6.07) is 17.8. The Labute approximate surface area is 143 Å². The molecule has 4 N–H and O–H groups in total. The molecule has 0 aliphatic heterocycles. The van der Waals surface area contributed by atoms with Crippen molar-refractivity contribution in [2.45, 2.75) is 0 Å². The second-order valence-electron chi connectivity index (χ2n) is 5.21. The minimum atomic E-state index is -0.810. The average Bonchev–Trinajstić information content (AvgIpc) is 2.57. The fraction of sp³-hybridized carbons (Fsp3) is 0. The predicted octanol–water partition coefficient (Wildman–Crippen LogP) is 3.65. The molecule has 0 saturated carbocycles. The summed E-state index contributed by atoms with van der Waals surface area (Å²) >= 11 is 5.98. The minimum absolute atomic E-state index is 0.266. The Morgan fingerprint density at radius 3 is 2.29 bits per heavy atom. The lowest BCUT2D eigenvalue weighted by atomic mass is 10.1. The van der Waals surface area contributed by atoms with E-state index in [0.29, 0.717) is 17.1 Å². The van der Waals surface area contributed by atoms with Gasteiger partial charge in [-0.15, -0.1) is 0 Å². The first kappa shape index (κ1) is 15.8. The van der Waals surface area contributed by atoms with Crippen molar-refractivity contribution in [3.63, 3.8) is 0 Å². The lowest BCUT2D eigenvalue weighted by molar-refractivity contribution is -0.132. The summed E-state index contributed by atoms with van der Waals surface area (Å²) in [5.74, 6) is -1.59. The zero-order valence-corrected chi connectivity index (χ0v) is 13.3. The molecule has 120 valence electrons. The van der Waals surface area contributed by atoms with E-state index in [0.717, 1.165) is 10.8 Å². The number of fused-ring (bicyclic) bond motifs is 1. The molecule has 0 heterocycles. The standard InChI is InChI=1S/C18H14ClN3O2/c19-15-10-13(20)6-8-16(15)22-18(24)17(23)21-14-7-5-11-3-1-2-4-12(11)9-14/h1-10H,20H2,(H,21,23)(H,22,24). The number of nitrogens with two attached hydrogens (primary N) is 1. The van der Waals surface area contributed by atoms with E-state index < -0.39 is 11.8 Å². The first-order chi connectivity index (χ1) is 11.5. The minimum Gasteiger partial charge on any atom is -0.399 e. The first-order valence-corrected chi connectivity index (χ1v) is 7.57. The van der Waals surface area contributed by atoms with E-state index in [2.05, 4.69) is 10.6 Å². The van der Waals surface area contributed by atoms with Crippen LogP contribution in [-0.4, -0.2) is 11.8 Å². The van der Waals surface area contributed by atoms with Gasteiger partial charge in [-0.3, -0.25) is 9.59 Å². The first-order valence-electron chi connectivity index (χ1n) is 7.19. The van der Waals surface area contributed by atoms with Crippen LogP contribution in [0.2, 0.25) is 5.02 Å². The van der Waals surface area contributed by atoms with E-state index in [1.54, 1.807) is 24.3 Å². The summed E-state index contributed by atoms with van der Waals surface area (Å²) < 4.78 is 0. The van der Waals surface area contributed by atoms with Gasteiger partial charge in [-0.25, -0.2) is 0 Å². The molecular formula is C18H14ClN3O2. The second kappa shape index (κ2) is 6.60. The molecule has 0 radical (unpaired) electrons. The summed E-state index contributed by atoms with van der Waals surface area (Å²) in [6.45, 7) is 0.